The number of anilines is 1. The lowest BCUT2D eigenvalue weighted by Crippen LogP contribution is -2.10. The van der Waals surface area contributed by atoms with E-state index in [0.29, 0.717) is 23.1 Å². The third-order valence-corrected chi connectivity index (χ3v) is 2.79. The SMILES string of the molecule is CC(C)(C#N)CCCOc1c(N)cccc1Cl. The van der Waals surface area contributed by atoms with Crippen molar-refractivity contribution in [3.8, 4) is 11.8 Å². The normalized spacial score (nSPS) is 10.9. The Bertz CT molecular complexity index is 404. The number of nitriles is 1. The summed E-state index contributed by atoms with van der Waals surface area (Å²) in [5, 5.41) is 9.38. The van der Waals surface area contributed by atoms with E-state index in [1.54, 1.807) is 18.2 Å². The molecule has 3 nitrogen and oxygen atoms in total. The summed E-state index contributed by atoms with van der Waals surface area (Å²) >= 11 is 5.97. The summed E-state index contributed by atoms with van der Waals surface area (Å²) in [6.45, 7) is 4.34. The third-order valence-electron chi connectivity index (χ3n) is 2.49. The molecule has 1 aromatic carbocycles. The smallest absolute Gasteiger partial charge is 0.160 e. The van der Waals surface area contributed by atoms with E-state index in [1.165, 1.54) is 0 Å². The van der Waals surface area contributed by atoms with Crippen LogP contribution in [0.2, 0.25) is 5.02 Å². The molecule has 0 aliphatic carbocycles. The highest BCUT2D eigenvalue weighted by atomic mass is 35.5. The molecule has 0 bridgehead atoms. The molecule has 0 aromatic heterocycles. The molecule has 2 N–H and O–H groups in total. The van der Waals surface area contributed by atoms with Crippen LogP contribution in [0.5, 0.6) is 5.75 Å². The molecule has 0 amide bonds. The highest BCUT2D eigenvalue weighted by molar-refractivity contribution is 6.32. The number of nitrogens with two attached hydrogens (primary N) is 1. The quantitative estimate of drug-likeness (QED) is 0.643. The van der Waals surface area contributed by atoms with Gasteiger partial charge < -0.3 is 10.5 Å². The molecule has 4 heteroatoms. The lowest BCUT2D eigenvalue weighted by atomic mass is 9.90. The minimum absolute atomic E-state index is 0.310. The fourth-order valence-electron chi connectivity index (χ4n) is 1.42. The van der Waals surface area contributed by atoms with Gasteiger partial charge in [-0.3, -0.25) is 0 Å². The molecule has 0 heterocycles. The van der Waals surface area contributed by atoms with Crippen molar-refractivity contribution in [3.05, 3.63) is 23.2 Å². The summed E-state index contributed by atoms with van der Waals surface area (Å²) in [7, 11) is 0. The predicted molar refractivity (Wildman–Crippen MR) is 70.0 cm³/mol. The third kappa shape index (κ3) is 4.16. The zero-order chi connectivity index (χ0) is 12.9. The molecular weight excluding hydrogens is 236 g/mol. The second-order valence-corrected chi connectivity index (χ2v) is 5.01. The van der Waals surface area contributed by atoms with Crippen molar-refractivity contribution in [1.29, 1.82) is 5.26 Å². The molecule has 17 heavy (non-hydrogen) atoms. The van der Waals surface area contributed by atoms with Crippen LogP contribution in [0.3, 0.4) is 0 Å². The highest BCUT2D eigenvalue weighted by Gasteiger charge is 2.16. The van der Waals surface area contributed by atoms with Gasteiger partial charge in [0.05, 0.1) is 28.8 Å². The maximum Gasteiger partial charge on any atom is 0.160 e. The summed E-state index contributed by atoms with van der Waals surface area (Å²) in [6.07, 6.45) is 1.58. The van der Waals surface area contributed by atoms with Crippen LogP contribution in [0.15, 0.2) is 18.2 Å². The van der Waals surface area contributed by atoms with Gasteiger partial charge in [0, 0.05) is 0 Å². The number of halogens is 1. The van der Waals surface area contributed by atoms with Crippen LogP contribution in [-0.2, 0) is 0 Å². The standard InChI is InChI=1S/C13H17ClN2O/c1-13(2,9-15)7-4-8-17-12-10(14)5-3-6-11(12)16/h3,5-6H,4,7-8,16H2,1-2H3. The van der Waals surface area contributed by atoms with Crippen molar-refractivity contribution in [2.24, 2.45) is 5.41 Å². The van der Waals surface area contributed by atoms with Crippen molar-refractivity contribution in [2.75, 3.05) is 12.3 Å². The van der Waals surface area contributed by atoms with Crippen LogP contribution in [0, 0.1) is 16.7 Å². The Kier molecular flexibility index (Phi) is 4.65. The number of para-hydroxylation sites is 1. The Morgan fingerprint density at radius 1 is 1.47 bits per heavy atom. The Morgan fingerprint density at radius 2 is 2.18 bits per heavy atom. The van der Waals surface area contributed by atoms with Crippen LogP contribution in [0.4, 0.5) is 5.69 Å². The van der Waals surface area contributed by atoms with Gasteiger partial charge in [-0.1, -0.05) is 17.7 Å². The molecule has 1 rings (SSSR count). The summed E-state index contributed by atoms with van der Waals surface area (Å²) < 4.78 is 5.54. The van der Waals surface area contributed by atoms with Gasteiger partial charge in [0.15, 0.2) is 5.75 Å². The van der Waals surface area contributed by atoms with Gasteiger partial charge in [0.1, 0.15) is 0 Å². The van der Waals surface area contributed by atoms with Crippen molar-refractivity contribution < 1.29 is 4.74 Å². The second-order valence-electron chi connectivity index (χ2n) is 4.61. The Balaban J connectivity index is 2.45. The number of ether oxygens (including phenoxy) is 1. The topological polar surface area (TPSA) is 59.0 Å². The van der Waals surface area contributed by atoms with E-state index in [4.69, 9.17) is 27.3 Å². The molecule has 0 saturated carbocycles. The molecule has 92 valence electrons. The largest absolute Gasteiger partial charge is 0.490 e. The first-order valence-electron chi connectivity index (χ1n) is 5.54. The van der Waals surface area contributed by atoms with E-state index in [1.807, 2.05) is 13.8 Å². The first kappa shape index (κ1) is 13.7. The number of nitrogens with zero attached hydrogens (tertiary/aromatic N) is 1. The van der Waals surface area contributed by atoms with Crippen LogP contribution in [0.1, 0.15) is 26.7 Å². The minimum Gasteiger partial charge on any atom is -0.490 e. The molecule has 0 saturated heterocycles. The monoisotopic (exact) mass is 252 g/mol. The maximum atomic E-state index is 8.87. The van der Waals surface area contributed by atoms with E-state index < -0.39 is 0 Å². The molecule has 0 unspecified atom stereocenters. The van der Waals surface area contributed by atoms with Crippen molar-refractivity contribution in [3.63, 3.8) is 0 Å². The molecule has 0 spiro atoms. The van der Waals surface area contributed by atoms with Gasteiger partial charge in [0.25, 0.3) is 0 Å². The number of hydrogen-bond acceptors (Lipinski definition) is 3. The Hall–Kier alpha value is -1.40. The van der Waals surface area contributed by atoms with Crippen LogP contribution in [-0.4, -0.2) is 6.61 Å². The molecule has 0 aliphatic heterocycles. The summed E-state index contributed by atoms with van der Waals surface area (Å²) in [4.78, 5) is 0. The van der Waals surface area contributed by atoms with Gasteiger partial charge in [-0.25, -0.2) is 0 Å². The number of nitrogen functional groups attached to an aromatic ring is 1. The lowest BCUT2D eigenvalue weighted by Gasteiger charge is -2.15. The van der Waals surface area contributed by atoms with E-state index in [0.717, 1.165) is 12.8 Å². The minimum atomic E-state index is -0.310. The van der Waals surface area contributed by atoms with Crippen molar-refractivity contribution in [1.82, 2.24) is 0 Å². The number of rotatable bonds is 5. The van der Waals surface area contributed by atoms with Gasteiger partial charge in [-0.2, -0.15) is 5.26 Å². The average Bonchev–Trinajstić information content (AvgIpc) is 2.27. The molecule has 1 aromatic rings. The van der Waals surface area contributed by atoms with Crippen LogP contribution < -0.4 is 10.5 Å². The highest BCUT2D eigenvalue weighted by Crippen LogP contribution is 2.31. The van der Waals surface area contributed by atoms with Crippen molar-refractivity contribution in [2.45, 2.75) is 26.7 Å². The summed E-state index contributed by atoms with van der Waals surface area (Å²) in [5.41, 5.74) is 5.98. The fourth-order valence-corrected chi connectivity index (χ4v) is 1.66. The molecule has 0 atom stereocenters. The van der Waals surface area contributed by atoms with E-state index >= 15 is 0 Å². The lowest BCUT2D eigenvalue weighted by molar-refractivity contribution is 0.285. The van der Waals surface area contributed by atoms with Gasteiger partial charge >= 0.3 is 0 Å². The fraction of sp³-hybridized carbons (Fsp3) is 0.462. The van der Waals surface area contributed by atoms with Crippen LogP contribution >= 0.6 is 11.6 Å². The van der Waals surface area contributed by atoms with Gasteiger partial charge in [-0.15, -0.1) is 0 Å². The predicted octanol–water partition coefficient (Wildman–Crippen LogP) is 3.63. The number of hydrogen-bond donors (Lipinski definition) is 1. The summed E-state index contributed by atoms with van der Waals surface area (Å²) in [6, 6.07) is 7.53. The van der Waals surface area contributed by atoms with Crippen molar-refractivity contribution >= 4 is 17.3 Å². The van der Waals surface area contributed by atoms with Crippen LogP contribution in [0.25, 0.3) is 0 Å². The number of benzene rings is 1. The van der Waals surface area contributed by atoms with E-state index in [2.05, 4.69) is 6.07 Å². The second kappa shape index (κ2) is 5.79. The Labute approximate surface area is 107 Å². The van der Waals surface area contributed by atoms with E-state index in [9.17, 15) is 0 Å². The summed E-state index contributed by atoms with van der Waals surface area (Å²) in [5.74, 6) is 0.531. The molecule has 0 fully saturated rings. The maximum absolute atomic E-state index is 8.87. The first-order chi connectivity index (χ1) is 7.96. The van der Waals surface area contributed by atoms with E-state index in [-0.39, 0.29) is 5.41 Å². The Morgan fingerprint density at radius 3 is 2.76 bits per heavy atom. The van der Waals surface area contributed by atoms with Gasteiger partial charge in [-0.05, 0) is 38.8 Å². The zero-order valence-electron chi connectivity index (χ0n) is 10.2. The molecule has 0 radical (unpaired) electrons. The average molecular weight is 253 g/mol. The zero-order valence-corrected chi connectivity index (χ0v) is 10.9. The van der Waals surface area contributed by atoms with Gasteiger partial charge in [0.2, 0.25) is 0 Å². The molecular formula is C13H17ClN2O. The molecule has 0 aliphatic rings. The first-order valence-corrected chi connectivity index (χ1v) is 5.92.